The summed E-state index contributed by atoms with van der Waals surface area (Å²) < 4.78 is 5.36. The van der Waals surface area contributed by atoms with E-state index in [2.05, 4.69) is 19.2 Å². The lowest BCUT2D eigenvalue weighted by atomic mass is 9.78. The van der Waals surface area contributed by atoms with Gasteiger partial charge >= 0.3 is 0 Å². The summed E-state index contributed by atoms with van der Waals surface area (Å²) in [5.41, 5.74) is -0.521. The highest BCUT2D eigenvalue weighted by molar-refractivity contribution is 5.03. The average Bonchev–Trinajstić information content (AvgIpc) is 2.91. The second-order valence-electron chi connectivity index (χ2n) is 5.69. The van der Waals surface area contributed by atoms with Gasteiger partial charge in [-0.3, -0.25) is 0 Å². The smallest absolute Gasteiger partial charge is 0.120 e. The van der Waals surface area contributed by atoms with Gasteiger partial charge in [-0.25, -0.2) is 0 Å². The Hall–Kier alpha value is -0.800. The van der Waals surface area contributed by atoms with E-state index in [1.54, 1.807) is 6.26 Å². The zero-order valence-corrected chi connectivity index (χ0v) is 11.5. The van der Waals surface area contributed by atoms with Crippen LogP contribution in [0, 0.1) is 5.92 Å². The van der Waals surface area contributed by atoms with Crippen LogP contribution < -0.4 is 5.32 Å². The molecule has 1 aliphatic carbocycles. The summed E-state index contributed by atoms with van der Waals surface area (Å²) in [5, 5.41) is 13.9. The van der Waals surface area contributed by atoms with Gasteiger partial charge in [-0.15, -0.1) is 0 Å². The van der Waals surface area contributed by atoms with E-state index in [1.807, 2.05) is 12.1 Å². The van der Waals surface area contributed by atoms with Gasteiger partial charge in [-0.05, 0) is 50.7 Å². The van der Waals surface area contributed by atoms with E-state index < -0.39 is 5.60 Å². The van der Waals surface area contributed by atoms with E-state index in [0.29, 0.717) is 6.54 Å². The number of hydrogen-bond acceptors (Lipinski definition) is 3. The molecule has 1 fully saturated rings. The molecule has 1 aliphatic rings. The largest absolute Gasteiger partial charge is 0.468 e. The van der Waals surface area contributed by atoms with E-state index in [1.165, 1.54) is 6.42 Å². The van der Waals surface area contributed by atoms with E-state index in [4.69, 9.17) is 4.42 Å². The number of furan rings is 1. The lowest BCUT2D eigenvalue weighted by Crippen LogP contribution is -2.44. The molecule has 3 heteroatoms. The molecule has 0 amide bonds. The first-order valence-electron chi connectivity index (χ1n) is 7.12. The summed E-state index contributed by atoms with van der Waals surface area (Å²) in [6, 6.07) is 4.03. The summed E-state index contributed by atoms with van der Waals surface area (Å²) in [6.07, 6.45) is 7.08. The molecule has 0 aliphatic heterocycles. The van der Waals surface area contributed by atoms with Gasteiger partial charge < -0.3 is 14.8 Å². The van der Waals surface area contributed by atoms with Crippen molar-refractivity contribution in [1.29, 1.82) is 0 Å². The van der Waals surface area contributed by atoms with Crippen LogP contribution in [0.5, 0.6) is 0 Å². The number of hydrogen-bond donors (Lipinski definition) is 2. The Kier molecular flexibility index (Phi) is 4.46. The number of rotatable bonds is 5. The minimum absolute atomic E-state index is 0.160. The Morgan fingerprint density at radius 3 is 2.78 bits per heavy atom. The Morgan fingerprint density at radius 2 is 2.22 bits per heavy atom. The zero-order valence-electron chi connectivity index (χ0n) is 11.5. The Balaban J connectivity index is 1.79. The molecule has 0 aromatic carbocycles. The first-order valence-corrected chi connectivity index (χ1v) is 7.12. The number of nitrogens with one attached hydrogen (secondary N) is 1. The van der Waals surface area contributed by atoms with Gasteiger partial charge in [0.2, 0.25) is 0 Å². The van der Waals surface area contributed by atoms with Gasteiger partial charge in [0.1, 0.15) is 5.76 Å². The van der Waals surface area contributed by atoms with Crippen LogP contribution in [0.4, 0.5) is 0 Å². The van der Waals surface area contributed by atoms with Crippen LogP contribution in [0.1, 0.15) is 57.8 Å². The molecule has 18 heavy (non-hydrogen) atoms. The van der Waals surface area contributed by atoms with Crippen molar-refractivity contribution in [2.24, 2.45) is 5.92 Å². The van der Waals surface area contributed by atoms with Gasteiger partial charge in [-0.2, -0.15) is 0 Å². The van der Waals surface area contributed by atoms with E-state index in [9.17, 15) is 5.11 Å². The normalized spacial score (nSPS) is 30.3. The SMILES string of the molecule is CCC1CCC(O)(CNC(C)c2ccco2)CC1. The molecule has 2 rings (SSSR count). The molecule has 1 unspecified atom stereocenters. The lowest BCUT2D eigenvalue weighted by molar-refractivity contribution is -0.0107. The molecule has 0 spiro atoms. The van der Waals surface area contributed by atoms with Crippen LogP contribution >= 0.6 is 0 Å². The quantitative estimate of drug-likeness (QED) is 0.844. The van der Waals surface area contributed by atoms with Crippen molar-refractivity contribution in [1.82, 2.24) is 5.32 Å². The third-order valence-corrected chi connectivity index (χ3v) is 4.32. The van der Waals surface area contributed by atoms with Crippen LogP contribution in [0.3, 0.4) is 0 Å². The van der Waals surface area contributed by atoms with E-state index in [-0.39, 0.29) is 6.04 Å². The topological polar surface area (TPSA) is 45.4 Å². The van der Waals surface area contributed by atoms with Crippen molar-refractivity contribution in [2.45, 2.75) is 57.6 Å². The van der Waals surface area contributed by atoms with Crippen LogP contribution in [-0.4, -0.2) is 17.3 Å². The zero-order chi connectivity index (χ0) is 13.0. The maximum absolute atomic E-state index is 10.5. The molecule has 3 nitrogen and oxygen atoms in total. The minimum atomic E-state index is -0.521. The second-order valence-corrected chi connectivity index (χ2v) is 5.69. The van der Waals surface area contributed by atoms with Crippen molar-refractivity contribution in [3.8, 4) is 0 Å². The Labute approximate surface area is 110 Å². The fourth-order valence-corrected chi connectivity index (χ4v) is 2.78. The van der Waals surface area contributed by atoms with Crippen molar-refractivity contribution in [2.75, 3.05) is 6.54 Å². The van der Waals surface area contributed by atoms with E-state index in [0.717, 1.165) is 37.4 Å². The number of aliphatic hydroxyl groups is 1. The molecular weight excluding hydrogens is 226 g/mol. The third-order valence-electron chi connectivity index (χ3n) is 4.32. The fourth-order valence-electron chi connectivity index (χ4n) is 2.78. The molecule has 0 radical (unpaired) electrons. The monoisotopic (exact) mass is 251 g/mol. The summed E-state index contributed by atoms with van der Waals surface area (Å²) >= 11 is 0. The summed E-state index contributed by atoms with van der Waals surface area (Å²) in [4.78, 5) is 0. The molecular formula is C15H25NO2. The summed E-state index contributed by atoms with van der Waals surface area (Å²) in [6.45, 7) is 4.97. The Morgan fingerprint density at radius 1 is 1.50 bits per heavy atom. The van der Waals surface area contributed by atoms with Gasteiger partial charge in [0.05, 0.1) is 17.9 Å². The van der Waals surface area contributed by atoms with Gasteiger partial charge in [0.15, 0.2) is 0 Å². The lowest BCUT2D eigenvalue weighted by Gasteiger charge is -2.36. The van der Waals surface area contributed by atoms with Crippen molar-refractivity contribution >= 4 is 0 Å². The Bertz CT molecular complexity index is 339. The highest BCUT2D eigenvalue weighted by atomic mass is 16.3. The van der Waals surface area contributed by atoms with Crippen molar-refractivity contribution < 1.29 is 9.52 Å². The average molecular weight is 251 g/mol. The van der Waals surface area contributed by atoms with Gasteiger partial charge in [-0.1, -0.05) is 13.3 Å². The molecule has 1 heterocycles. The van der Waals surface area contributed by atoms with Gasteiger partial charge in [0.25, 0.3) is 0 Å². The second kappa shape index (κ2) is 5.89. The van der Waals surface area contributed by atoms with Gasteiger partial charge in [0, 0.05) is 6.54 Å². The van der Waals surface area contributed by atoms with Crippen molar-refractivity contribution in [3.63, 3.8) is 0 Å². The molecule has 0 bridgehead atoms. The summed E-state index contributed by atoms with van der Waals surface area (Å²) in [7, 11) is 0. The standard InChI is InChI=1S/C15H25NO2/c1-3-13-6-8-15(17,9-7-13)11-16-12(2)14-5-4-10-18-14/h4-5,10,12-13,16-17H,3,6-9,11H2,1-2H3. The van der Waals surface area contributed by atoms with E-state index >= 15 is 0 Å². The molecule has 2 N–H and O–H groups in total. The van der Waals surface area contributed by atoms with Crippen molar-refractivity contribution in [3.05, 3.63) is 24.2 Å². The molecule has 1 atom stereocenters. The third kappa shape index (κ3) is 3.36. The fraction of sp³-hybridized carbons (Fsp3) is 0.733. The van der Waals surface area contributed by atoms with Crippen LogP contribution in [-0.2, 0) is 0 Å². The predicted molar refractivity (Wildman–Crippen MR) is 72.3 cm³/mol. The highest BCUT2D eigenvalue weighted by Crippen LogP contribution is 2.33. The van der Waals surface area contributed by atoms with Crippen LogP contribution in [0.25, 0.3) is 0 Å². The maximum Gasteiger partial charge on any atom is 0.120 e. The molecule has 1 aromatic rings. The molecule has 102 valence electrons. The molecule has 1 aromatic heterocycles. The molecule has 0 saturated heterocycles. The highest BCUT2D eigenvalue weighted by Gasteiger charge is 2.32. The first kappa shape index (κ1) is 13.6. The predicted octanol–water partition coefficient (Wildman–Crippen LogP) is 3.26. The minimum Gasteiger partial charge on any atom is -0.468 e. The van der Waals surface area contributed by atoms with Crippen LogP contribution in [0.15, 0.2) is 22.8 Å². The first-order chi connectivity index (χ1) is 8.63. The van der Waals surface area contributed by atoms with Crippen LogP contribution in [0.2, 0.25) is 0 Å². The molecule has 1 saturated carbocycles. The maximum atomic E-state index is 10.5. The summed E-state index contributed by atoms with van der Waals surface area (Å²) in [5.74, 6) is 1.74.